The van der Waals surface area contributed by atoms with E-state index >= 15 is 0 Å². The summed E-state index contributed by atoms with van der Waals surface area (Å²) in [7, 11) is 2.73. The van der Waals surface area contributed by atoms with Crippen LogP contribution >= 0.6 is 0 Å². The molecule has 0 saturated heterocycles. The van der Waals surface area contributed by atoms with Gasteiger partial charge in [0, 0.05) is 11.9 Å². The molecule has 2 rings (SSSR count). The molecule has 0 atom stereocenters. The minimum absolute atomic E-state index is 0.0386. The third kappa shape index (κ3) is 4.29. The van der Waals surface area contributed by atoms with Crippen LogP contribution < -0.4 is 10.2 Å². The van der Waals surface area contributed by atoms with E-state index in [1.807, 2.05) is 32.1 Å². The van der Waals surface area contributed by atoms with Crippen LogP contribution in [0.15, 0.2) is 34.8 Å². The minimum Gasteiger partial charge on any atom is -0.482 e. The first-order valence-corrected chi connectivity index (χ1v) is 7.84. The number of pyridine rings is 1. The maximum atomic E-state index is 12.9. The Kier molecular flexibility index (Phi) is 6.00. The molecule has 0 unspecified atom stereocenters. The molecule has 2 heterocycles. The number of H-pyrrole nitrogens is 2. The maximum absolute atomic E-state index is 12.9. The second kappa shape index (κ2) is 8.19. The van der Waals surface area contributed by atoms with Crippen LogP contribution in [0.2, 0.25) is 0 Å². The van der Waals surface area contributed by atoms with Crippen molar-refractivity contribution >= 4 is 18.1 Å². The van der Waals surface area contributed by atoms with E-state index in [0.29, 0.717) is 23.6 Å². The summed E-state index contributed by atoms with van der Waals surface area (Å²) >= 11 is 0. The highest BCUT2D eigenvalue weighted by molar-refractivity contribution is 5.94. The number of aromatic amines is 2. The molecule has 0 aliphatic carbocycles. The van der Waals surface area contributed by atoms with Crippen molar-refractivity contribution in [3.63, 3.8) is 0 Å². The van der Waals surface area contributed by atoms with Crippen molar-refractivity contribution in [2.75, 3.05) is 14.2 Å². The van der Waals surface area contributed by atoms with Crippen molar-refractivity contribution in [1.82, 2.24) is 9.97 Å². The highest BCUT2D eigenvalue weighted by Gasteiger charge is 2.21. The van der Waals surface area contributed by atoms with Crippen LogP contribution in [0.3, 0.4) is 0 Å². The Morgan fingerprint density at radius 2 is 2.00 bits per heavy atom. The molecule has 0 aromatic carbocycles. The molecule has 2 aromatic heterocycles. The van der Waals surface area contributed by atoms with Gasteiger partial charge in [0.1, 0.15) is 5.56 Å². The van der Waals surface area contributed by atoms with Crippen LogP contribution in [0.4, 0.5) is 0 Å². The molecule has 6 nitrogen and oxygen atoms in total. The predicted octanol–water partition coefficient (Wildman–Crippen LogP) is 3.18. The summed E-state index contributed by atoms with van der Waals surface area (Å²) in [5, 5.41) is 0. The summed E-state index contributed by atoms with van der Waals surface area (Å²) in [5.41, 5.74) is 2.20. The van der Waals surface area contributed by atoms with Gasteiger partial charge in [-0.15, -0.1) is 0 Å². The quantitative estimate of drug-likeness (QED) is 0.624. The average molecular weight is 342 g/mol. The predicted molar refractivity (Wildman–Crippen MR) is 97.8 cm³/mol. The molecule has 6 heteroatoms. The molecule has 2 N–H and O–H groups in total. The van der Waals surface area contributed by atoms with Gasteiger partial charge in [-0.05, 0) is 44.6 Å². The van der Waals surface area contributed by atoms with E-state index in [1.165, 1.54) is 14.2 Å². The Morgan fingerprint density at radius 1 is 1.24 bits per heavy atom. The number of aromatic nitrogens is 2. The topological polar surface area (TPSA) is 84.2 Å². The molecule has 0 saturated carbocycles. The normalized spacial score (nSPS) is 10.7. The number of hydrogen-bond acceptors (Lipinski definition) is 4. The van der Waals surface area contributed by atoms with E-state index in [4.69, 9.17) is 9.47 Å². The SMILES string of the molecule is COC(=O)c1c(/C=C\c2ccc[nH]2)[nH]c(OC)c(CC=C(C)C)c1=O. The number of carbonyl (C=O) groups excluding carboxylic acids is 1. The molecule has 25 heavy (non-hydrogen) atoms. The Labute approximate surface area is 146 Å². The largest absolute Gasteiger partial charge is 0.482 e. The van der Waals surface area contributed by atoms with E-state index in [-0.39, 0.29) is 5.56 Å². The summed E-state index contributed by atoms with van der Waals surface area (Å²) in [6.07, 6.45) is 7.46. The first-order valence-electron chi connectivity index (χ1n) is 7.84. The number of esters is 1. The Hall–Kier alpha value is -3.02. The average Bonchev–Trinajstić information content (AvgIpc) is 3.11. The van der Waals surface area contributed by atoms with Gasteiger partial charge < -0.3 is 19.4 Å². The lowest BCUT2D eigenvalue weighted by atomic mass is 10.0. The van der Waals surface area contributed by atoms with Gasteiger partial charge in [-0.25, -0.2) is 4.79 Å². The molecule has 0 fully saturated rings. The van der Waals surface area contributed by atoms with Crippen LogP contribution in [0.5, 0.6) is 5.88 Å². The van der Waals surface area contributed by atoms with E-state index in [1.54, 1.807) is 18.3 Å². The minimum atomic E-state index is -0.687. The number of rotatable bonds is 6. The van der Waals surface area contributed by atoms with Crippen molar-refractivity contribution in [3.8, 4) is 5.88 Å². The van der Waals surface area contributed by atoms with Crippen molar-refractivity contribution < 1.29 is 14.3 Å². The molecule has 2 aromatic rings. The fourth-order valence-corrected chi connectivity index (χ4v) is 2.35. The summed E-state index contributed by atoms with van der Waals surface area (Å²) in [4.78, 5) is 31.1. The van der Waals surface area contributed by atoms with E-state index in [9.17, 15) is 9.59 Å². The molecule has 0 aliphatic rings. The van der Waals surface area contributed by atoms with Gasteiger partial charge in [0.25, 0.3) is 0 Å². The van der Waals surface area contributed by atoms with Gasteiger partial charge in [-0.3, -0.25) is 4.79 Å². The smallest absolute Gasteiger partial charge is 0.344 e. The van der Waals surface area contributed by atoms with Crippen molar-refractivity contribution in [2.45, 2.75) is 20.3 Å². The lowest BCUT2D eigenvalue weighted by molar-refractivity contribution is 0.0598. The van der Waals surface area contributed by atoms with Crippen LogP contribution in [0.1, 0.15) is 41.2 Å². The zero-order valence-corrected chi connectivity index (χ0v) is 14.8. The highest BCUT2D eigenvalue weighted by Crippen LogP contribution is 2.19. The van der Waals surface area contributed by atoms with Crippen LogP contribution in [-0.4, -0.2) is 30.2 Å². The fourth-order valence-electron chi connectivity index (χ4n) is 2.35. The zero-order chi connectivity index (χ0) is 18.4. The number of ether oxygens (including phenoxy) is 2. The molecule has 0 amide bonds. The fraction of sp³-hybridized carbons (Fsp3) is 0.263. The van der Waals surface area contributed by atoms with Gasteiger partial charge in [0.2, 0.25) is 5.43 Å². The van der Waals surface area contributed by atoms with Gasteiger partial charge >= 0.3 is 5.97 Å². The standard InChI is InChI=1S/C19H22N2O4/c1-12(2)7-9-14-17(22)16(19(23)25-4)15(21-18(14)24-3)10-8-13-6-5-11-20-13/h5-8,10-11,20H,9H2,1-4H3,(H,21,22)/b10-8-. The van der Waals surface area contributed by atoms with Crippen molar-refractivity contribution in [1.29, 1.82) is 0 Å². The van der Waals surface area contributed by atoms with Crippen molar-refractivity contribution in [3.05, 3.63) is 62.7 Å². The number of allylic oxidation sites excluding steroid dienone is 2. The van der Waals surface area contributed by atoms with E-state index in [2.05, 4.69) is 9.97 Å². The lowest BCUT2D eigenvalue weighted by Gasteiger charge is -2.11. The summed E-state index contributed by atoms with van der Waals surface area (Å²) in [6, 6.07) is 3.72. The Bertz CT molecular complexity index is 854. The van der Waals surface area contributed by atoms with E-state index < -0.39 is 11.4 Å². The number of hydrogen-bond donors (Lipinski definition) is 2. The molecule has 132 valence electrons. The van der Waals surface area contributed by atoms with Crippen LogP contribution in [0, 0.1) is 0 Å². The molecule has 0 aliphatic heterocycles. The van der Waals surface area contributed by atoms with E-state index in [0.717, 1.165) is 11.3 Å². The Balaban J connectivity index is 2.62. The Morgan fingerprint density at radius 3 is 2.56 bits per heavy atom. The molecular formula is C19H22N2O4. The first-order chi connectivity index (χ1) is 12.0. The summed E-state index contributed by atoms with van der Waals surface area (Å²) in [5.74, 6) is -0.352. The number of nitrogens with one attached hydrogen (secondary N) is 2. The monoisotopic (exact) mass is 342 g/mol. The number of methoxy groups -OCH3 is 2. The molecule has 0 spiro atoms. The van der Waals surface area contributed by atoms with Crippen molar-refractivity contribution in [2.24, 2.45) is 0 Å². The van der Waals surface area contributed by atoms with Gasteiger partial charge in [-0.1, -0.05) is 11.6 Å². The van der Waals surface area contributed by atoms with Gasteiger partial charge in [0.15, 0.2) is 5.88 Å². The number of carbonyl (C=O) groups is 1. The summed E-state index contributed by atoms with van der Waals surface area (Å²) < 4.78 is 10.1. The van der Waals surface area contributed by atoms with Crippen LogP contribution in [0.25, 0.3) is 12.2 Å². The molecule has 0 radical (unpaired) electrons. The maximum Gasteiger partial charge on any atom is 0.344 e. The highest BCUT2D eigenvalue weighted by atomic mass is 16.5. The second-order valence-corrected chi connectivity index (χ2v) is 5.69. The van der Waals surface area contributed by atoms with Crippen LogP contribution in [-0.2, 0) is 11.2 Å². The lowest BCUT2D eigenvalue weighted by Crippen LogP contribution is -2.23. The molecule has 0 bridgehead atoms. The summed E-state index contributed by atoms with van der Waals surface area (Å²) in [6.45, 7) is 3.88. The molecular weight excluding hydrogens is 320 g/mol. The first kappa shape index (κ1) is 18.3. The second-order valence-electron chi connectivity index (χ2n) is 5.69. The van der Waals surface area contributed by atoms with Gasteiger partial charge in [0.05, 0.1) is 25.5 Å². The zero-order valence-electron chi connectivity index (χ0n) is 14.8. The third-order valence-corrected chi connectivity index (χ3v) is 3.65. The van der Waals surface area contributed by atoms with Gasteiger partial charge in [-0.2, -0.15) is 0 Å². The third-order valence-electron chi connectivity index (χ3n) is 3.65.